The lowest BCUT2D eigenvalue weighted by molar-refractivity contribution is -0.137. The van der Waals surface area contributed by atoms with Crippen LogP contribution in [0.4, 0.5) is 13.2 Å². The molecule has 118 valence electrons. The van der Waals surface area contributed by atoms with Gasteiger partial charge in [-0.15, -0.1) is 0 Å². The highest BCUT2D eigenvalue weighted by Crippen LogP contribution is 2.35. The molecule has 2 N–H and O–H groups in total. The number of rotatable bonds is 2. The molecular weight excluding hydrogens is 303 g/mol. The number of nitrogens with two attached hydrogens (primary N) is 1. The average Bonchev–Trinajstić information content (AvgIpc) is 2.37. The number of halogens is 3. The molecule has 0 aliphatic heterocycles. The molecule has 21 heavy (non-hydrogen) atoms. The molecule has 0 amide bonds. The standard InChI is InChI=1S/C14H18F3NO2S/c1-13(18)7-5-11(6-8-13)21(19,20)12-4-2-3-10(9-12)14(15,16)17/h2-4,9,11H,5-8,18H2,1H3. The highest BCUT2D eigenvalue weighted by molar-refractivity contribution is 7.92. The van der Waals surface area contributed by atoms with Gasteiger partial charge in [-0.25, -0.2) is 8.42 Å². The van der Waals surface area contributed by atoms with E-state index in [0.29, 0.717) is 31.7 Å². The lowest BCUT2D eigenvalue weighted by Crippen LogP contribution is -2.43. The van der Waals surface area contributed by atoms with Crippen LogP contribution in [0.1, 0.15) is 38.2 Å². The number of hydrogen-bond donors (Lipinski definition) is 1. The van der Waals surface area contributed by atoms with Crippen molar-refractivity contribution < 1.29 is 21.6 Å². The molecule has 0 bridgehead atoms. The molecule has 0 heterocycles. The Morgan fingerprint density at radius 2 is 1.81 bits per heavy atom. The van der Waals surface area contributed by atoms with Crippen molar-refractivity contribution >= 4 is 9.84 Å². The summed E-state index contributed by atoms with van der Waals surface area (Å²) in [7, 11) is -3.75. The first-order valence-electron chi connectivity index (χ1n) is 6.72. The zero-order valence-electron chi connectivity index (χ0n) is 11.7. The van der Waals surface area contributed by atoms with Crippen LogP contribution in [0.15, 0.2) is 29.2 Å². The van der Waals surface area contributed by atoms with Gasteiger partial charge in [0.05, 0.1) is 15.7 Å². The van der Waals surface area contributed by atoms with E-state index in [1.54, 1.807) is 0 Å². The van der Waals surface area contributed by atoms with Crippen LogP contribution in [0.3, 0.4) is 0 Å². The van der Waals surface area contributed by atoms with Crippen LogP contribution in [-0.2, 0) is 16.0 Å². The third kappa shape index (κ3) is 3.58. The van der Waals surface area contributed by atoms with E-state index in [2.05, 4.69) is 0 Å². The van der Waals surface area contributed by atoms with Crippen LogP contribution in [0.5, 0.6) is 0 Å². The molecule has 2 rings (SSSR count). The van der Waals surface area contributed by atoms with Gasteiger partial charge >= 0.3 is 6.18 Å². The Kier molecular flexibility index (Phi) is 4.10. The Morgan fingerprint density at radius 3 is 2.33 bits per heavy atom. The second-order valence-electron chi connectivity index (χ2n) is 5.92. The third-order valence-electron chi connectivity index (χ3n) is 4.00. The minimum absolute atomic E-state index is 0.261. The van der Waals surface area contributed by atoms with Gasteiger partial charge in [-0.3, -0.25) is 0 Å². The Labute approximate surface area is 122 Å². The summed E-state index contributed by atoms with van der Waals surface area (Å²) in [5, 5.41) is -0.655. The molecule has 0 spiro atoms. The predicted molar refractivity (Wildman–Crippen MR) is 73.5 cm³/mol. The molecule has 0 unspecified atom stereocenters. The summed E-state index contributed by atoms with van der Waals surface area (Å²) in [6.07, 6.45) is -2.68. The summed E-state index contributed by atoms with van der Waals surface area (Å²) in [6, 6.07) is 3.94. The summed E-state index contributed by atoms with van der Waals surface area (Å²) in [5.41, 5.74) is 4.63. The SMILES string of the molecule is CC1(N)CCC(S(=O)(=O)c2cccc(C(F)(F)F)c2)CC1. The van der Waals surface area contributed by atoms with Gasteiger partial charge in [0.1, 0.15) is 0 Å². The first-order chi connectivity index (χ1) is 9.52. The minimum atomic E-state index is -4.55. The van der Waals surface area contributed by atoms with Crippen molar-refractivity contribution in [1.29, 1.82) is 0 Å². The number of sulfone groups is 1. The molecular formula is C14H18F3NO2S. The molecule has 1 aromatic rings. The minimum Gasteiger partial charge on any atom is -0.325 e. The van der Waals surface area contributed by atoms with Crippen molar-refractivity contribution in [3.05, 3.63) is 29.8 Å². The van der Waals surface area contributed by atoms with Crippen molar-refractivity contribution in [2.45, 2.75) is 54.5 Å². The van der Waals surface area contributed by atoms with Crippen molar-refractivity contribution in [2.75, 3.05) is 0 Å². The van der Waals surface area contributed by atoms with Gasteiger partial charge in [-0.2, -0.15) is 13.2 Å². The van der Waals surface area contributed by atoms with Crippen molar-refractivity contribution in [1.82, 2.24) is 0 Å². The van der Waals surface area contributed by atoms with Crippen molar-refractivity contribution in [2.24, 2.45) is 5.73 Å². The van der Waals surface area contributed by atoms with Crippen LogP contribution < -0.4 is 5.73 Å². The van der Waals surface area contributed by atoms with Crippen LogP contribution in [0, 0.1) is 0 Å². The molecule has 1 fully saturated rings. The molecule has 0 radical (unpaired) electrons. The predicted octanol–water partition coefficient (Wildman–Crippen LogP) is 3.14. The first kappa shape index (κ1) is 16.3. The highest BCUT2D eigenvalue weighted by Gasteiger charge is 2.37. The zero-order valence-corrected chi connectivity index (χ0v) is 12.5. The fraction of sp³-hybridized carbons (Fsp3) is 0.571. The maximum atomic E-state index is 12.7. The van der Waals surface area contributed by atoms with E-state index >= 15 is 0 Å². The van der Waals surface area contributed by atoms with Gasteiger partial charge in [-0.1, -0.05) is 6.07 Å². The zero-order chi connectivity index (χ0) is 15.9. The fourth-order valence-corrected chi connectivity index (χ4v) is 4.40. The molecule has 1 saturated carbocycles. The third-order valence-corrected chi connectivity index (χ3v) is 6.26. The Morgan fingerprint density at radius 1 is 1.24 bits per heavy atom. The summed E-state index contributed by atoms with van der Waals surface area (Å²) in [5.74, 6) is 0. The second-order valence-corrected chi connectivity index (χ2v) is 8.15. The number of alkyl halides is 3. The van der Waals surface area contributed by atoms with E-state index in [-0.39, 0.29) is 10.4 Å². The molecule has 0 atom stereocenters. The summed E-state index contributed by atoms with van der Waals surface area (Å²) in [4.78, 5) is -0.261. The average molecular weight is 321 g/mol. The lowest BCUT2D eigenvalue weighted by Gasteiger charge is -2.33. The van der Waals surface area contributed by atoms with E-state index in [1.807, 2.05) is 6.92 Å². The fourth-order valence-electron chi connectivity index (χ4n) is 2.60. The van der Waals surface area contributed by atoms with Crippen LogP contribution >= 0.6 is 0 Å². The maximum absolute atomic E-state index is 12.7. The summed E-state index contributed by atoms with van der Waals surface area (Å²) >= 11 is 0. The Hall–Kier alpha value is -1.08. The van der Waals surface area contributed by atoms with Crippen LogP contribution in [-0.4, -0.2) is 19.2 Å². The van der Waals surface area contributed by atoms with E-state index in [4.69, 9.17) is 5.73 Å². The second kappa shape index (κ2) is 5.28. The van der Waals surface area contributed by atoms with Gasteiger partial charge in [0.25, 0.3) is 0 Å². The van der Waals surface area contributed by atoms with Crippen LogP contribution in [0.25, 0.3) is 0 Å². The largest absolute Gasteiger partial charge is 0.416 e. The normalized spacial score (nSPS) is 27.6. The molecule has 3 nitrogen and oxygen atoms in total. The monoisotopic (exact) mass is 321 g/mol. The molecule has 7 heteroatoms. The van der Waals surface area contributed by atoms with Gasteiger partial charge in [-0.05, 0) is 50.8 Å². The van der Waals surface area contributed by atoms with Gasteiger partial charge in [0.2, 0.25) is 0 Å². The van der Waals surface area contributed by atoms with E-state index in [9.17, 15) is 21.6 Å². The van der Waals surface area contributed by atoms with Gasteiger partial charge in [0, 0.05) is 5.54 Å². The smallest absolute Gasteiger partial charge is 0.325 e. The van der Waals surface area contributed by atoms with Crippen molar-refractivity contribution in [3.8, 4) is 0 Å². The van der Waals surface area contributed by atoms with E-state index in [0.717, 1.165) is 12.1 Å². The van der Waals surface area contributed by atoms with Crippen molar-refractivity contribution in [3.63, 3.8) is 0 Å². The molecule has 1 aliphatic rings. The first-order valence-corrected chi connectivity index (χ1v) is 8.27. The lowest BCUT2D eigenvalue weighted by atomic mass is 9.84. The molecule has 1 aromatic carbocycles. The Bertz CT molecular complexity index is 613. The van der Waals surface area contributed by atoms with Gasteiger partial charge in [0.15, 0.2) is 9.84 Å². The van der Waals surface area contributed by atoms with Gasteiger partial charge < -0.3 is 5.73 Å². The maximum Gasteiger partial charge on any atom is 0.416 e. The summed E-state index contributed by atoms with van der Waals surface area (Å²) in [6.45, 7) is 1.86. The topological polar surface area (TPSA) is 60.2 Å². The summed E-state index contributed by atoms with van der Waals surface area (Å²) < 4.78 is 63.0. The van der Waals surface area contributed by atoms with E-state index in [1.165, 1.54) is 6.07 Å². The van der Waals surface area contributed by atoms with Crippen LogP contribution in [0.2, 0.25) is 0 Å². The molecule has 1 aliphatic carbocycles. The quantitative estimate of drug-likeness (QED) is 0.910. The number of benzene rings is 1. The number of hydrogen-bond acceptors (Lipinski definition) is 3. The highest BCUT2D eigenvalue weighted by atomic mass is 32.2. The molecule has 0 aromatic heterocycles. The van der Waals surface area contributed by atoms with E-state index < -0.39 is 26.8 Å². The Balaban J connectivity index is 2.29. The molecule has 0 saturated heterocycles.